The molecule has 17 heavy (non-hydrogen) atoms. The van der Waals surface area contributed by atoms with Crippen molar-refractivity contribution in [3.05, 3.63) is 45.1 Å². The number of aromatic nitrogens is 2. The highest BCUT2D eigenvalue weighted by Crippen LogP contribution is 2.23. The Morgan fingerprint density at radius 3 is 3.00 bits per heavy atom. The molecule has 1 atom stereocenters. The topological polar surface area (TPSA) is 37.8 Å². The summed E-state index contributed by atoms with van der Waals surface area (Å²) < 4.78 is 18.3. The summed E-state index contributed by atoms with van der Waals surface area (Å²) in [4.78, 5) is 1.01. The zero-order valence-corrected chi connectivity index (χ0v) is 11.6. The molecule has 0 bridgehead atoms. The molecule has 0 aliphatic heterocycles. The molecular weight excluding hydrogens is 305 g/mol. The molecule has 0 aliphatic carbocycles. The van der Waals surface area contributed by atoms with Crippen LogP contribution >= 0.6 is 27.5 Å². The van der Waals surface area contributed by atoms with E-state index >= 15 is 0 Å². The van der Waals surface area contributed by atoms with Gasteiger partial charge in [-0.15, -0.1) is 5.10 Å². The van der Waals surface area contributed by atoms with Gasteiger partial charge in [0.25, 0.3) is 0 Å². The van der Waals surface area contributed by atoms with E-state index in [4.69, 9.17) is 0 Å². The second-order valence-electron chi connectivity index (χ2n) is 3.60. The third-order valence-corrected chi connectivity index (χ3v) is 3.77. The average Bonchev–Trinajstić information content (AvgIpc) is 2.84. The minimum absolute atomic E-state index is 0.0406. The lowest BCUT2D eigenvalue weighted by atomic mass is 10.0. The predicted molar refractivity (Wildman–Crippen MR) is 69.5 cm³/mol. The van der Waals surface area contributed by atoms with Crippen LogP contribution in [-0.4, -0.2) is 16.6 Å². The maximum atomic E-state index is 13.6. The van der Waals surface area contributed by atoms with Crippen LogP contribution in [0, 0.1) is 5.82 Å². The predicted octanol–water partition coefficient (Wildman–Crippen LogP) is 2.94. The van der Waals surface area contributed by atoms with Crippen LogP contribution in [0.15, 0.2) is 28.9 Å². The van der Waals surface area contributed by atoms with E-state index in [2.05, 4.69) is 30.8 Å². The molecule has 6 heteroatoms. The van der Waals surface area contributed by atoms with Gasteiger partial charge in [0.15, 0.2) is 0 Å². The first-order valence-electron chi connectivity index (χ1n) is 5.09. The smallest absolute Gasteiger partial charge is 0.126 e. The normalized spacial score (nSPS) is 12.6. The van der Waals surface area contributed by atoms with E-state index in [0.717, 1.165) is 9.35 Å². The maximum Gasteiger partial charge on any atom is 0.126 e. The van der Waals surface area contributed by atoms with Crippen molar-refractivity contribution < 1.29 is 4.39 Å². The fraction of sp³-hybridized carbons (Fsp3) is 0.273. The van der Waals surface area contributed by atoms with E-state index in [1.165, 1.54) is 17.6 Å². The first kappa shape index (κ1) is 12.6. The summed E-state index contributed by atoms with van der Waals surface area (Å²) in [5, 5.41) is 6.95. The van der Waals surface area contributed by atoms with Crippen LogP contribution in [0.1, 0.15) is 16.5 Å². The Morgan fingerprint density at radius 2 is 2.35 bits per heavy atom. The van der Waals surface area contributed by atoms with Gasteiger partial charge in [0.05, 0.1) is 11.1 Å². The molecule has 0 radical (unpaired) electrons. The minimum atomic E-state index is -0.189. The maximum absolute atomic E-state index is 13.6. The molecule has 1 unspecified atom stereocenters. The molecule has 1 N–H and O–H groups in total. The summed E-state index contributed by atoms with van der Waals surface area (Å²) in [6.07, 6.45) is 2.29. The van der Waals surface area contributed by atoms with Crippen molar-refractivity contribution >= 4 is 27.5 Å². The zero-order chi connectivity index (χ0) is 12.3. The molecule has 0 aliphatic rings. The number of halogens is 2. The SMILES string of the molecule is CNC(Cc1cc(Br)ccc1F)c1cnns1. The fourth-order valence-electron chi connectivity index (χ4n) is 1.59. The van der Waals surface area contributed by atoms with Gasteiger partial charge in [0.2, 0.25) is 0 Å². The van der Waals surface area contributed by atoms with Gasteiger partial charge in [0.1, 0.15) is 5.82 Å². The molecule has 3 nitrogen and oxygen atoms in total. The molecule has 0 spiro atoms. The Kier molecular flexibility index (Phi) is 4.20. The Bertz CT molecular complexity index is 489. The average molecular weight is 316 g/mol. The molecule has 0 fully saturated rings. The highest BCUT2D eigenvalue weighted by Gasteiger charge is 2.15. The van der Waals surface area contributed by atoms with Crippen LogP contribution in [0.2, 0.25) is 0 Å². The van der Waals surface area contributed by atoms with Crippen molar-refractivity contribution in [2.45, 2.75) is 12.5 Å². The molecular formula is C11H11BrFN3S. The molecule has 1 aromatic heterocycles. The lowest BCUT2D eigenvalue weighted by molar-refractivity contribution is 0.559. The van der Waals surface area contributed by atoms with Crippen molar-refractivity contribution in [3.63, 3.8) is 0 Å². The van der Waals surface area contributed by atoms with Crippen molar-refractivity contribution in [1.82, 2.24) is 14.9 Å². The minimum Gasteiger partial charge on any atom is -0.312 e. The van der Waals surface area contributed by atoms with Crippen LogP contribution in [0.3, 0.4) is 0 Å². The van der Waals surface area contributed by atoms with Crippen molar-refractivity contribution in [2.75, 3.05) is 7.05 Å². The summed E-state index contributed by atoms with van der Waals surface area (Å²) in [6.45, 7) is 0. The van der Waals surface area contributed by atoms with Gasteiger partial charge in [0, 0.05) is 10.5 Å². The van der Waals surface area contributed by atoms with Gasteiger partial charge in [-0.05, 0) is 48.8 Å². The number of rotatable bonds is 4. The van der Waals surface area contributed by atoms with E-state index in [0.29, 0.717) is 12.0 Å². The van der Waals surface area contributed by atoms with Gasteiger partial charge >= 0.3 is 0 Å². The van der Waals surface area contributed by atoms with Gasteiger partial charge in [-0.3, -0.25) is 0 Å². The first-order chi connectivity index (χ1) is 8.20. The molecule has 1 aromatic carbocycles. The number of likely N-dealkylation sites (N-methyl/N-ethyl adjacent to an activating group) is 1. The first-order valence-corrected chi connectivity index (χ1v) is 6.66. The van der Waals surface area contributed by atoms with E-state index in [9.17, 15) is 4.39 Å². The van der Waals surface area contributed by atoms with Crippen molar-refractivity contribution in [3.8, 4) is 0 Å². The van der Waals surface area contributed by atoms with Gasteiger partial charge in [-0.1, -0.05) is 20.4 Å². The number of nitrogens with one attached hydrogen (secondary N) is 1. The highest BCUT2D eigenvalue weighted by molar-refractivity contribution is 9.10. The number of hydrogen-bond acceptors (Lipinski definition) is 4. The van der Waals surface area contributed by atoms with Crippen molar-refractivity contribution in [1.29, 1.82) is 0 Å². The third-order valence-electron chi connectivity index (χ3n) is 2.50. The second kappa shape index (κ2) is 5.66. The molecule has 90 valence electrons. The molecule has 2 rings (SSSR count). The summed E-state index contributed by atoms with van der Waals surface area (Å²) >= 11 is 4.67. The summed E-state index contributed by atoms with van der Waals surface area (Å²) in [7, 11) is 1.85. The van der Waals surface area contributed by atoms with Crippen LogP contribution in [0.25, 0.3) is 0 Å². The van der Waals surface area contributed by atoms with E-state index in [-0.39, 0.29) is 11.9 Å². The summed E-state index contributed by atoms with van der Waals surface area (Å²) in [5.41, 5.74) is 0.673. The quantitative estimate of drug-likeness (QED) is 0.942. The summed E-state index contributed by atoms with van der Waals surface area (Å²) in [6, 6.07) is 5.01. The number of benzene rings is 1. The zero-order valence-electron chi connectivity index (χ0n) is 9.15. The van der Waals surface area contributed by atoms with Crippen molar-refractivity contribution in [2.24, 2.45) is 0 Å². The van der Waals surface area contributed by atoms with Crippen LogP contribution < -0.4 is 5.32 Å². The van der Waals surface area contributed by atoms with Crippen LogP contribution in [-0.2, 0) is 6.42 Å². The van der Waals surface area contributed by atoms with E-state index < -0.39 is 0 Å². The lowest BCUT2D eigenvalue weighted by Gasteiger charge is -2.14. The second-order valence-corrected chi connectivity index (χ2v) is 5.33. The standard InChI is InChI=1S/C11H11BrFN3S/c1-14-10(11-6-15-16-17-11)5-7-4-8(12)2-3-9(7)13/h2-4,6,10,14H,5H2,1H3. The Labute approximate surface area is 111 Å². The number of nitrogens with zero attached hydrogens (tertiary/aromatic N) is 2. The monoisotopic (exact) mass is 315 g/mol. The Morgan fingerprint density at radius 1 is 1.53 bits per heavy atom. The Balaban J connectivity index is 2.21. The molecule has 0 saturated carbocycles. The molecule has 2 aromatic rings. The molecule has 0 amide bonds. The fourth-order valence-corrected chi connectivity index (χ4v) is 2.61. The summed E-state index contributed by atoms with van der Waals surface area (Å²) in [5.74, 6) is -0.189. The molecule has 0 saturated heterocycles. The van der Waals surface area contributed by atoms with Crippen LogP contribution in [0.5, 0.6) is 0 Å². The van der Waals surface area contributed by atoms with Gasteiger partial charge < -0.3 is 5.32 Å². The van der Waals surface area contributed by atoms with E-state index in [1.54, 1.807) is 18.3 Å². The highest BCUT2D eigenvalue weighted by atomic mass is 79.9. The van der Waals surface area contributed by atoms with E-state index in [1.807, 2.05) is 7.05 Å². The molecule has 1 heterocycles. The number of hydrogen-bond donors (Lipinski definition) is 1. The van der Waals surface area contributed by atoms with Gasteiger partial charge in [-0.25, -0.2) is 4.39 Å². The largest absolute Gasteiger partial charge is 0.312 e. The Hall–Kier alpha value is -0.850. The third kappa shape index (κ3) is 3.08. The van der Waals surface area contributed by atoms with Crippen LogP contribution in [0.4, 0.5) is 4.39 Å². The lowest BCUT2D eigenvalue weighted by Crippen LogP contribution is -2.18. The van der Waals surface area contributed by atoms with Gasteiger partial charge in [-0.2, -0.15) is 0 Å².